The summed E-state index contributed by atoms with van der Waals surface area (Å²) in [6, 6.07) is 21.4. The Hall–Kier alpha value is -3.77. The third-order valence-corrected chi connectivity index (χ3v) is 11.2. The van der Waals surface area contributed by atoms with Gasteiger partial charge in [0.1, 0.15) is 10.6 Å². The van der Waals surface area contributed by atoms with Gasteiger partial charge in [0.15, 0.2) is 18.1 Å². The zero-order valence-electron chi connectivity index (χ0n) is 31.0. The highest BCUT2D eigenvalue weighted by Gasteiger charge is 2.47. The van der Waals surface area contributed by atoms with Gasteiger partial charge in [-0.2, -0.15) is 4.57 Å². The number of ketones is 2. The van der Waals surface area contributed by atoms with Crippen molar-refractivity contribution in [2.45, 2.75) is 124 Å². The van der Waals surface area contributed by atoms with Crippen LogP contribution in [0.3, 0.4) is 0 Å². The molecule has 6 heteroatoms. The van der Waals surface area contributed by atoms with Crippen LogP contribution in [0, 0.1) is 0 Å². The molecule has 1 saturated carbocycles. The first kappa shape index (κ1) is 37.5. The van der Waals surface area contributed by atoms with E-state index in [0.29, 0.717) is 5.57 Å². The van der Waals surface area contributed by atoms with Gasteiger partial charge < -0.3 is 9.47 Å². The third-order valence-electron chi connectivity index (χ3n) is 10.0. The van der Waals surface area contributed by atoms with E-state index in [9.17, 15) is 9.59 Å². The standard InChI is InChI=1S/C44H58N3O2S/c1-5-9-13-17-31-46-36(26-23-34-21-24-35(25-22-34)45(29-11-7-3)30-12-8-4)27-28-39(46)42-43(48)37(44(42)49)33-41-47(32-18-14-10-6-2)38-19-15-16-20-40(38)50-41/h15-16,19-28,33,42H,5-14,17-18,29-32H2,1-4H3/q+1/b26-23+,37-33?. The predicted octanol–water partition coefficient (Wildman–Crippen LogP) is 11.0. The van der Waals surface area contributed by atoms with Gasteiger partial charge in [-0.25, -0.2) is 0 Å². The Morgan fingerprint density at radius 1 is 0.720 bits per heavy atom. The molecule has 4 aromatic rings. The molecule has 50 heavy (non-hydrogen) atoms. The molecule has 0 bridgehead atoms. The first-order valence-corrected chi connectivity index (χ1v) is 20.3. The number of hydrogen-bond donors (Lipinski definition) is 0. The molecule has 2 aromatic heterocycles. The fourth-order valence-electron chi connectivity index (χ4n) is 6.99. The van der Waals surface area contributed by atoms with Crippen LogP contribution in [0.5, 0.6) is 0 Å². The monoisotopic (exact) mass is 692 g/mol. The number of anilines is 1. The Labute approximate surface area is 304 Å². The molecule has 0 unspecified atom stereocenters. The smallest absolute Gasteiger partial charge is 0.263 e. The first-order valence-electron chi connectivity index (χ1n) is 19.4. The van der Waals surface area contributed by atoms with Crippen LogP contribution in [-0.2, 0) is 22.7 Å². The molecule has 266 valence electrons. The Morgan fingerprint density at radius 3 is 2.06 bits per heavy atom. The average Bonchev–Trinajstić information content (AvgIpc) is 3.70. The SMILES string of the molecule is CCCCCCn1c(/C=C/c2ccc(N(CCCC)CCCC)cc2)ccc1C1C(=O)C(=Cc2sc3ccccc3[n+]2CCCCCC)C1=O. The van der Waals surface area contributed by atoms with Gasteiger partial charge in [0.05, 0.1) is 5.57 Å². The quantitative estimate of drug-likeness (QED) is 0.0287. The molecule has 5 nitrogen and oxygen atoms in total. The van der Waals surface area contributed by atoms with E-state index >= 15 is 0 Å². The summed E-state index contributed by atoms with van der Waals surface area (Å²) >= 11 is 1.67. The topological polar surface area (TPSA) is 46.2 Å². The van der Waals surface area contributed by atoms with Crippen molar-refractivity contribution in [1.82, 2.24) is 4.57 Å². The van der Waals surface area contributed by atoms with Gasteiger partial charge in [0.2, 0.25) is 5.52 Å². The number of Topliss-reactive ketones (excluding diaryl/α,β-unsaturated/α-hetero) is 2. The maximum Gasteiger partial charge on any atom is 0.263 e. The second-order valence-corrected chi connectivity index (χ2v) is 14.9. The van der Waals surface area contributed by atoms with E-state index in [4.69, 9.17) is 0 Å². The van der Waals surface area contributed by atoms with Gasteiger partial charge in [-0.05, 0) is 67.7 Å². The molecule has 0 aliphatic heterocycles. The zero-order valence-corrected chi connectivity index (χ0v) is 31.8. The molecular weight excluding hydrogens is 635 g/mol. The van der Waals surface area contributed by atoms with Crippen LogP contribution in [-0.4, -0.2) is 29.2 Å². The summed E-state index contributed by atoms with van der Waals surface area (Å²) in [4.78, 5) is 30.1. The molecule has 0 saturated heterocycles. The van der Waals surface area contributed by atoms with Crippen molar-refractivity contribution in [1.29, 1.82) is 0 Å². The number of thiazole rings is 1. The van der Waals surface area contributed by atoms with Crippen LogP contribution in [0.25, 0.3) is 28.4 Å². The Balaban J connectivity index is 1.36. The number of para-hydroxylation sites is 1. The lowest BCUT2D eigenvalue weighted by molar-refractivity contribution is -0.669. The molecule has 1 aliphatic carbocycles. The fourth-order valence-corrected chi connectivity index (χ4v) is 8.13. The summed E-state index contributed by atoms with van der Waals surface area (Å²) in [6.45, 7) is 12.8. The van der Waals surface area contributed by atoms with Gasteiger partial charge in [-0.1, -0.05) is 114 Å². The van der Waals surface area contributed by atoms with Gasteiger partial charge >= 0.3 is 0 Å². The molecule has 0 amide bonds. The number of allylic oxidation sites excluding steroid dienone is 1. The molecule has 0 radical (unpaired) electrons. The lowest BCUT2D eigenvalue weighted by atomic mass is 9.74. The molecule has 2 heterocycles. The summed E-state index contributed by atoms with van der Waals surface area (Å²) in [5.41, 5.74) is 5.82. The van der Waals surface area contributed by atoms with Crippen molar-refractivity contribution in [2.24, 2.45) is 0 Å². The van der Waals surface area contributed by atoms with E-state index in [2.05, 4.69) is 108 Å². The summed E-state index contributed by atoms with van der Waals surface area (Å²) in [5, 5.41) is 0.987. The van der Waals surface area contributed by atoms with Crippen molar-refractivity contribution in [2.75, 3.05) is 18.0 Å². The fraction of sp³-hybridized carbons (Fsp3) is 0.477. The highest BCUT2D eigenvalue weighted by molar-refractivity contribution is 7.18. The van der Waals surface area contributed by atoms with E-state index < -0.39 is 5.92 Å². The number of aromatic nitrogens is 2. The van der Waals surface area contributed by atoms with Gasteiger partial charge in [0.25, 0.3) is 5.01 Å². The van der Waals surface area contributed by atoms with Crippen molar-refractivity contribution in [3.63, 3.8) is 0 Å². The molecule has 1 fully saturated rings. The minimum absolute atomic E-state index is 0.0558. The second-order valence-electron chi connectivity index (χ2n) is 13.9. The van der Waals surface area contributed by atoms with Gasteiger partial charge in [-0.3, -0.25) is 9.59 Å². The normalized spacial score (nSPS) is 14.6. The Morgan fingerprint density at radius 2 is 1.38 bits per heavy atom. The molecular formula is C44H58N3O2S+. The minimum atomic E-state index is -0.724. The highest BCUT2D eigenvalue weighted by atomic mass is 32.1. The second kappa shape index (κ2) is 19.0. The van der Waals surface area contributed by atoms with E-state index in [1.807, 2.05) is 12.1 Å². The number of benzene rings is 2. The average molecular weight is 693 g/mol. The number of hydrogen-bond acceptors (Lipinski definition) is 4. The van der Waals surface area contributed by atoms with E-state index in [0.717, 1.165) is 67.4 Å². The van der Waals surface area contributed by atoms with Crippen LogP contribution in [0.2, 0.25) is 0 Å². The third kappa shape index (κ3) is 9.11. The van der Waals surface area contributed by atoms with Crippen LogP contribution in [0.4, 0.5) is 5.69 Å². The number of nitrogens with zero attached hydrogens (tertiary/aromatic N) is 3. The van der Waals surface area contributed by atoms with Crippen molar-refractivity contribution in [3.05, 3.63) is 88.2 Å². The van der Waals surface area contributed by atoms with Crippen molar-refractivity contribution < 1.29 is 14.2 Å². The number of unbranched alkanes of at least 4 members (excludes halogenated alkanes) is 8. The zero-order chi connectivity index (χ0) is 35.3. The largest absolute Gasteiger partial charge is 0.372 e. The van der Waals surface area contributed by atoms with Gasteiger partial charge in [-0.15, -0.1) is 0 Å². The molecule has 0 spiro atoms. The lowest BCUT2D eigenvalue weighted by Crippen LogP contribution is -2.41. The Kier molecular flexibility index (Phi) is 14.2. The maximum absolute atomic E-state index is 13.8. The van der Waals surface area contributed by atoms with Crippen LogP contribution in [0.1, 0.15) is 133 Å². The number of aryl methyl sites for hydroxylation is 1. The minimum Gasteiger partial charge on any atom is -0.372 e. The number of fused-ring (bicyclic) bond motifs is 1. The van der Waals surface area contributed by atoms with E-state index in [1.165, 1.54) is 73.7 Å². The first-order chi connectivity index (χ1) is 24.5. The molecule has 2 aromatic carbocycles. The maximum atomic E-state index is 13.8. The molecule has 1 aliphatic rings. The highest BCUT2D eigenvalue weighted by Crippen LogP contribution is 2.37. The van der Waals surface area contributed by atoms with E-state index in [-0.39, 0.29) is 11.6 Å². The van der Waals surface area contributed by atoms with E-state index in [1.54, 1.807) is 11.3 Å². The molecule has 0 atom stereocenters. The summed E-state index contributed by atoms with van der Waals surface area (Å²) in [6.07, 6.45) is 20.2. The van der Waals surface area contributed by atoms with Gasteiger partial charge in [0, 0.05) is 55.3 Å². The van der Waals surface area contributed by atoms with Crippen molar-refractivity contribution in [3.8, 4) is 0 Å². The molecule has 0 N–H and O–H groups in total. The lowest BCUT2D eigenvalue weighted by Gasteiger charge is -2.27. The summed E-state index contributed by atoms with van der Waals surface area (Å²) < 4.78 is 5.71. The Bertz CT molecular complexity index is 1730. The van der Waals surface area contributed by atoms with Crippen molar-refractivity contribution >= 4 is 57.0 Å². The summed E-state index contributed by atoms with van der Waals surface area (Å²) in [5.74, 6) is -0.835. The van der Waals surface area contributed by atoms with Crippen LogP contribution in [0.15, 0.2) is 66.2 Å². The number of carbonyl (C=O) groups excluding carboxylic acids is 2. The number of carbonyl (C=O) groups is 2. The number of rotatable bonds is 21. The summed E-state index contributed by atoms with van der Waals surface area (Å²) in [7, 11) is 0. The van der Waals surface area contributed by atoms with Crippen LogP contribution < -0.4 is 9.47 Å². The molecule has 5 rings (SSSR count). The van der Waals surface area contributed by atoms with Crippen LogP contribution >= 0.6 is 11.3 Å². The predicted molar refractivity (Wildman–Crippen MR) is 213 cm³/mol.